The first-order valence-electron chi connectivity index (χ1n) is 4.43. The number of hydrogen-bond acceptors (Lipinski definition) is 3. The molecule has 1 unspecified atom stereocenters. The molecule has 0 amide bonds. The van der Waals surface area contributed by atoms with Crippen LogP contribution in [0.3, 0.4) is 0 Å². The molecule has 0 aliphatic carbocycles. The molecule has 0 aromatic heterocycles. The number of benzene rings is 1. The van der Waals surface area contributed by atoms with E-state index in [2.05, 4.69) is 0 Å². The average molecular weight is 208 g/mol. The maximum absolute atomic E-state index is 10.6. The van der Waals surface area contributed by atoms with Gasteiger partial charge in [0.05, 0.1) is 0 Å². The van der Waals surface area contributed by atoms with Crippen LogP contribution < -0.4 is 0 Å². The number of carboxylic acid groups (broad SMARTS) is 1. The van der Waals surface area contributed by atoms with E-state index >= 15 is 0 Å². The van der Waals surface area contributed by atoms with Gasteiger partial charge in [-0.2, -0.15) is 0 Å². The molecule has 0 heterocycles. The van der Waals surface area contributed by atoms with Crippen molar-refractivity contribution in [3.63, 3.8) is 0 Å². The van der Waals surface area contributed by atoms with Gasteiger partial charge >= 0.3 is 5.97 Å². The van der Waals surface area contributed by atoms with Crippen LogP contribution in [-0.2, 0) is 4.79 Å². The summed E-state index contributed by atoms with van der Waals surface area (Å²) in [5, 5.41) is 26.2. The quantitative estimate of drug-likeness (QED) is 0.637. The summed E-state index contributed by atoms with van der Waals surface area (Å²) in [4.78, 5) is 10.6. The number of rotatable bonds is 4. The predicted octanol–water partition coefficient (Wildman–Crippen LogP) is 0.711. The SMILES string of the molecule is O=C(O)C(/C=C/c1ccccc1)C(O)O. The molecule has 0 aliphatic heterocycles. The highest BCUT2D eigenvalue weighted by molar-refractivity contribution is 5.74. The summed E-state index contributed by atoms with van der Waals surface area (Å²) < 4.78 is 0. The predicted molar refractivity (Wildman–Crippen MR) is 54.8 cm³/mol. The highest BCUT2D eigenvalue weighted by Crippen LogP contribution is 2.08. The molecule has 0 spiro atoms. The number of aliphatic carboxylic acids is 1. The van der Waals surface area contributed by atoms with E-state index in [4.69, 9.17) is 15.3 Å². The molecule has 4 nitrogen and oxygen atoms in total. The topological polar surface area (TPSA) is 77.8 Å². The lowest BCUT2D eigenvalue weighted by Crippen LogP contribution is -2.25. The molecule has 15 heavy (non-hydrogen) atoms. The van der Waals surface area contributed by atoms with Gasteiger partial charge in [-0.15, -0.1) is 0 Å². The van der Waals surface area contributed by atoms with Gasteiger partial charge in [-0.05, 0) is 5.56 Å². The molecule has 1 aromatic rings. The van der Waals surface area contributed by atoms with E-state index in [1.807, 2.05) is 18.2 Å². The van der Waals surface area contributed by atoms with E-state index in [9.17, 15) is 4.79 Å². The molecule has 0 bridgehead atoms. The first-order chi connectivity index (χ1) is 7.11. The van der Waals surface area contributed by atoms with Gasteiger partial charge in [0.2, 0.25) is 0 Å². The second-order valence-electron chi connectivity index (χ2n) is 3.05. The summed E-state index contributed by atoms with van der Waals surface area (Å²) >= 11 is 0. The van der Waals surface area contributed by atoms with E-state index in [-0.39, 0.29) is 0 Å². The van der Waals surface area contributed by atoms with Crippen LogP contribution >= 0.6 is 0 Å². The van der Waals surface area contributed by atoms with Crippen LogP contribution in [0.25, 0.3) is 6.08 Å². The Labute approximate surface area is 87.1 Å². The lowest BCUT2D eigenvalue weighted by molar-refractivity contribution is -0.153. The molecule has 1 aromatic carbocycles. The number of aliphatic hydroxyl groups is 2. The number of aliphatic hydroxyl groups excluding tert-OH is 1. The van der Waals surface area contributed by atoms with E-state index in [1.165, 1.54) is 12.2 Å². The smallest absolute Gasteiger partial charge is 0.315 e. The Bertz CT molecular complexity index is 343. The van der Waals surface area contributed by atoms with Crippen molar-refractivity contribution in [3.8, 4) is 0 Å². The summed E-state index contributed by atoms with van der Waals surface area (Å²) in [5.74, 6) is -2.57. The fourth-order valence-corrected chi connectivity index (χ4v) is 1.09. The Morgan fingerprint density at radius 2 is 1.80 bits per heavy atom. The monoisotopic (exact) mass is 208 g/mol. The molecule has 4 heteroatoms. The second-order valence-corrected chi connectivity index (χ2v) is 3.05. The van der Waals surface area contributed by atoms with Gasteiger partial charge in [0.25, 0.3) is 0 Å². The van der Waals surface area contributed by atoms with Crippen LogP contribution in [0.1, 0.15) is 5.56 Å². The van der Waals surface area contributed by atoms with Crippen LogP contribution in [-0.4, -0.2) is 27.6 Å². The highest BCUT2D eigenvalue weighted by Gasteiger charge is 2.21. The summed E-state index contributed by atoms with van der Waals surface area (Å²) in [5.41, 5.74) is 0.810. The minimum atomic E-state index is -1.89. The van der Waals surface area contributed by atoms with Crippen molar-refractivity contribution in [2.45, 2.75) is 6.29 Å². The third kappa shape index (κ3) is 3.53. The van der Waals surface area contributed by atoms with Gasteiger partial charge in [0.1, 0.15) is 5.92 Å². The van der Waals surface area contributed by atoms with Crippen molar-refractivity contribution in [1.82, 2.24) is 0 Å². The number of carbonyl (C=O) groups is 1. The molecule has 0 radical (unpaired) electrons. The molecule has 0 fully saturated rings. The first-order valence-corrected chi connectivity index (χ1v) is 4.43. The Hall–Kier alpha value is -1.65. The van der Waals surface area contributed by atoms with E-state index in [0.29, 0.717) is 0 Å². The number of hydrogen-bond donors (Lipinski definition) is 3. The lowest BCUT2D eigenvalue weighted by Gasteiger charge is -2.08. The van der Waals surface area contributed by atoms with Gasteiger partial charge in [-0.3, -0.25) is 4.79 Å². The minimum absolute atomic E-state index is 0.810. The highest BCUT2D eigenvalue weighted by atomic mass is 16.5. The van der Waals surface area contributed by atoms with Crippen molar-refractivity contribution >= 4 is 12.0 Å². The van der Waals surface area contributed by atoms with Crippen molar-refractivity contribution in [2.24, 2.45) is 5.92 Å². The molecule has 1 rings (SSSR count). The van der Waals surface area contributed by atoms with Gasteiger partial charge in [-0.1, -0.05) is 42.5 Å². The third-order valence-electron chi connectivity index (χ3n) is 1.90. The molecule has 0 saturated carbocycles. The molecular weight excluding hydrogens is 196 g/mol. The van der Waals surface area contributed by atoms with E-state index < -0.39 is 18.2 Å². The van der Waals surface area contributed by atoms with Crippen LogP contribution in [0.4, 0.5) is 0 Å². The maximum Gasteiger partial charge on any atom is 0.315 e. The molecule has 0 aliphatic rings. The number of carboxylic acids is 1. The zero-order valence-corrected chi connectivity index (χ0v) is 7.95. The average Bonchev–Trinajstić information content (AvgIpc) is 2.18. The van der Waals surface area contributed by atoms with Crippen molar-refractivity contribution in [1.29, 1.82) is 0 Å². The Morgan fingerprint density at radius 1 is 1.20 bits per heavy atom. The maximum atomic E-state index is 10.6. The Balaban J connectivity index is 2.75. The lowest BCUT2D eigenvalue weighted by atomic mass is 10.1. The second kappa shape index (κ2) is 5.29. The first kappa shape index (κ1) is 11.4. The summed E-state index contributed by atoms with van der Waals surface area (Å²) in [6.45, 7) is 0. The third-order valence-corrected chi connectivity index (χ3v) is 1.90. The van der Waals surface area contributed by atoms with Crippen molar-refractivity contribution in [2.75, 3.05) is 0 Å². The zero-order chi connectivity index (χ0) is 11.3. The fourth-order valence-electron chi connectivity index (χ4n) is 1.09. The van der Waals surface area contributed by atoms with Crippen LogP contribution in [0, 0.1) is 5.92 Å². The van der Waals surface area contributed by atoms with Crippen molar-refractivity contribution in [3.05, 3.63) is 42.0 Å². The van der Waals surface area contributed by atoms with Gasteiger partial charge in [0.15, 0.2) is 6.29 Å². The molecule has 1 atom stereocenters. The molecule has 80 valence electrons. The molecule has 0 saturated heterocycles. The molecule has 3 N–H and O–H groups in total. The summed E-state index contributed by atoms with van der Waals surface area (Å²) in [6, 6.07) is 9.04. The van der Waals surface area contributed by atoms with Crippen LogP contribution in [0.15, 0.2) is 36.4 Å². The van der Waals surface area contributed by atoms with Gasteiger partial charge in [-0.25, -0.2) is 0 Å². The van der Waals surface area contributed by atoms with Crippen LogP contribution in [0.2, 0.25) is 0 Å². The Morgan fingerprint density at radius 3 is 2.27 bits per heavy atom. The van der Waals surface area contributed by atoms with Crippen molar-refractivity contribution < 1.29 is 20.1 Å². The zero-order valence-electron chi connectivity index (χ0n) is 7.95. The summed E-state index contributed by atoms with van der Waals surface area (Å²) in [7, 11) is 0. The fraction of sp³-hybridized carbons (Fsp3) is 0.182. The molecular formula is C11H12O4. The minimum Gasteiger partial charge on any atom is -0.481 e. The normalized spacial score (nSPS) is 13.3. The largest absolute Gasteiger partial charge is 0.481 e. The van der Waals surface area contributed by atoms with E-state index in [1.54, 1.807) is 12.1 Å². The van der Waals surface area contributed by atoms with E-state index in [0.717, 1.165) is 5.56 Å². The summed E-state index contributed by atoms with van der Waals surface area (Å²) in [6.07, 6.45) is 0.906. The van der Waals surface area contributed by atoms with Gasteiger partial charge in [0, 0.05) is 0 Å². The standard InChI is InChI=1S/C11H12O4/c12-10(13)9(11(14)15)7-6-8-4-2-1-3-5-8/h1-7,9-10,12-13H,(H,14,15)/b7-6+. The van der Waals surface area contributed by atoms with Crippen LogP contribution in [0.5, 0.6) is 0 Å². The van der Waals surface area contributed by atoms with Gasteiger partial charge < -0.3 is 15.3 Å². The Kier molecular flexibility index (Phi) is 4.03.